The first-order valence-electron chi connectivity index (χ1n) is 3.90. The van der Waals surface area contributed by atoms with Gasteiger partial charge in [0.05, 0.1) is 12.7 Å². The number of likely N-dealkylation sites (N-methyl/N-ethyl adjacent to an activating group) is 1. The second kappa shape index (κ2) is 2.49. The number of nitrogens with zero attached hydrogens (tertiary/aromatic N) is 1. The Morgan fingerprint density at radius 1 is 1.50 bits per heavy atom. The van der Waals surface area contributed by atoms with E-state index in [9.17, 15) is 0 Å². The van der Waals surface area contributed by atoms with Crippen molar-refractivity contribution in [1.29, 1.82) is 0 Å². The quantitative estimate of drug-likeness (QED) is 0.483. The smallest absolute Gasteiger partial charge is 0.0867 e. The van der Waals surface area contributed by atoms with E-state index in [1.165, 1.54) is 0 Å². The van der Waals surface area contributed by atoms with Crippen LogP contribution >= 0.6 is 0 Å². The standard InChI is InChI=1S/C7H14N2O/c1-9-2-3-10-7-5-8-4-6(7)9/h6-8H,2-5H2,1H3. The molecule has 0 saturated carbocycles. The van der Waals surface area contributed by atoms with E-state index in [4.69, 9.17) is 4.74 Å². The molecule has 2 fully saturated rings. The molecule has 0 radical (unpaired) electrons. The van der Waals surface area contributed by atoms with Crippen LogP contribution in [-0.4, -0.2) is 50.3 Å². The highest BCUT2D eigenvalue weighted by Gasteiger charge is 2.33. The first kappa shape index (κ1) is 6.58. The van der Waals surface area contributed by atoms with Crippen LogP contribution in [0.1, 0.15) is 0 Å². The Hall–Kier alpha value is -0.120. The molecule has 0 aromatic heterocycles. The van der Waals surface area contributed by atoms with Gasteiger partial charge in [0.25, 0.3) is 0 Å². The summed E-state index contributed by atoms with van der Waals surface area (Å²) in [5.74, 6) is 0. The topological polar surface area (TPSA) is 24.5 Å². The lowest BCUT2D eigenvalue weighted by Gasteiger charge is -2.33. The minimum absolute atomic E-state index is 0.457. The lowest BCUT2D eigenvalue weighted by atomic mass is 10.1. The molecule has 10 heavy (non-hydrogen) atoms. The minimum atomic E-state index is 0.457. The number of hydrogen-bond donors (Lipinski definition) is 1. The van der Waals surface area contributed by atoms with Crippen molar-refractivity contribution in [2.75, 3.05) is 33.3 Å². The summed E-state index contributed by atoms with van der Waals surface area (Å²) in [5.41, 5.74) is 0. The Kier molecular flexibility index (Phi) is 1.64. The fourth-order valence-corrected chi connectivity index (χ4v) is 1.76. The van der Waals surface area contributed by atoms with Gasteiger partial charge in [-0.15, -0.1) is 0 Å². The second-order valence-electron chi connectivity index (χ2n) is 3.12. The average molecular weight is 142 g/mol. The van der Waals surface area contributed by atoms with Gasteiger partial charge in [-0.1, -0.05) is 0 Å². The molecule has 2 aliphatic rings. The zero-order valence-corrected chi connectivity index (χ0v) is 6.34. The number of ether oxygens (including phenoxy) is 1. The van der Waals surface area contributed by atoms with Crippen LogP contribution in [-0.2, 0) is 4.74 Å². The maximum Gasteiger partial charge on any atom is 0.0867 e. The monoisotopic (exact) mass is 142 g/mol. The highest BCUT2D eigenvalue weighted by atomic mass is 16.5. The highest BCUT2D eigenvalue weighted by Crippen LogP contribution is 2.14. The van der Waals surface area contributed by atoms with Gasteiger partial charge in [0.15, 0.2) is 0 Å². The van der Waals surface area contributed by atoms with E-state index in [0.717, 1.165) is 26.2 Å². The molecule has 0 aromatic carbocycles. The molecule has 2 unspecified atom stereocenters. The van der Waals surface area contributed by atoms with E-state index in [1.54, 1.807) is 0 Å². The van der Waals surface area contributed by atoms with Crippen LogP contribution in [0.3, 0.4) is 0 Å². The zero-order valence-electron chi connectivity index (χ0n) is 6.34. The Morgan fingerprint density at radius 2 is 2.40 bits per heavy atom. The first-order valence-corrected chi connectivity index (χ1v) is 3.90. The Morgan fingerprint density at radius 3 is 3.20 bits per heavy atom. The van der Waals surface area contributed by atoms with E-state index in [-0.39, 0.29) is 0 Å². The lowest BCUT2D eigenvalue weighted by molar-refractivity contribution is -0.0363. The molecule has 0 aliphatic carbocycles. The summed E-state index contributed by atoms with van der Waals surface area (Å²) in [7, 11) is 2.17. The number of rotatable bonds is 0. The zero-order chi connectivity index (χ0) is 6.97. The summed E-state index contributed by atoms with van der Waals surface area (Å²) in [6, 6.07) is 0.633. The molecule has 0 aromatic rings. The van der Waals surface area contributed by atoms with Crippen molar-refractivity contribution in [1.82, 2.24) is 10.2 Å². The molecule has 0 bridgehead atoms. The molecule has 3 nitrogen and oxygen atoms in total. The van der Waals surface area contributed by atoms with E-state index in [1.807, 2.05) is 0 Å². The van der Waals surface area contributed by atoms with Crippen LogP contribution in [0.5, 0.6) is 0 Å². The summed E-state index contributed by atoms with van der Waals surface area (Å²) in [5, 5.41) is 3.33. The lowest BCUT2D eigenvalue weighted by Crippen LogP contribution is -2.48. The molecule has 1 N–H and O–H groups in total. The largest absolute Gasteiger partial charge is 0.374 e. The van der Waals surface area contributed by atoms with Crippen LogP contribution in [0.2, 0.25) is 0 Å². The van der Waals surface area contributed by atoms with Crippen molar-refractivity contribution in [2.24, 2.45) is 0 Å². The van der Waals surface area contributed by atoms with Gasteiger partial charge in [0.1, 0.15) is 0 Å². The summed E-state index contributed by atoms with van der Waals surface area (Å²) < 4.78 is 5.57. The van der Waals surface area contributed by atoms with Gasteiger partial charge in [-0.3, -0.25) is 4.90 Å². The molecule has 2 rings (SSSR count). The first-order chi connectivity index (χ1) is 4.88. The van der Waals surface area contributed by atoms with Crippen molar-refractivity contribution in [3.8, 4) is 0 Å². The van der Waals surface area contributed by atoms with Gasteiger partial charge in [-0.2, -0.15) is 0 Å². The molecule has 2 saturated heterocycles. The fourth-order valence-electron chi connectivity index (χ4n) is 1.76. The molecule has 2 aliphatic heterocycles. The number of morpholine rings is 1. The maximum atomic E-state index is 5.57. The normalized spacial score (nSPS) is 41.7. The molecule has 0 spiro atoms. The predicted molar refractivity (Wildman–Crippen MR) is 39.0 cm³/mol. The molecular formula is C7H14N2O. The number of fused-ring (bicyclic) bond motifs is 1. The van der Waals surface area contributed by atoms with Crippen LogP contribution in [0.4, 0.5) is 0 Å². The fraction of sp³-hybridized carbons (Fsp3) is 1.00. The van der Waals surface area contributed by atoms with E-state index >= 15 is 0 Å². The minimum Gasteiger partial charge on any atom is -0.374 e. The Labute approximate surface area is 61.3 Å². The Bertz CT molecular complexity index is 129. The van der Waals surface area contributed by atoms with Crippen molar-refractivity contribution in [3.05, 3.63) is 0 Å². The van der Waals surface area contributed by atoms with E-state index in [2.05, 4.69) is 17.3 Å². The van der Waals surface area contributed by atoms with Crippen LogP contribution in [0.15, 0.2) is 0 Å². The van der Waals surface area contributed by atoms with E-state index in [0.29, 0.717) is 12.1 Å². The average Bonchev–Trinajstić information content (AvgIpc) is 2.36. The van der Waals surface area contributed by atoms with Gasteiger partial charge in [-0.05, 0) is 7.05 Å². The third kappa shape index (κ3) is 0.944. The molecule has 0 amide bonds. The maximum absolute atomic E-state index is 5.57. The molecule has 3 heteroatoms. The summed E-state index contributed by atoms with van der Waals surface area (Å²) in [4.78, 5) is 2.38. The van der Waals surface area contributed by atoms with Gasteiger partial charge in [0, 0.05) is 25.7 Å². The Balaban J connectivity index is 2.03. The third-order valence-electron chi connectivity index (χ3n) is 2.47. The predicted octanol–water partition coefficient (Wildman–Crippen LogP) is -0.711. The highest BCUT2D eigenvalue weighted by molar-refractivity contribution is 4.90. The molecule has 58 valence electrons. The third-order valence-corrected chi connectivity index (χ3v) is 2.47. The van der Waals surface area contributed by atoms with Crippen LogP contribution in [0.25, 0.3) is 0 Å². The van der Waals surface area contributed by atoms with Crippen LogP contribution < -0.4 is 5.32 Å². The van der Waals surface area contributed by atoms with Gasteiger partial charge < -0.3 is 10.1 Å². The van der Waals surface area contributed by atoms with Crippen LogP contribution in [0, 0.1) is 0 Å². The van der Waals surface area contributed by atoms with E-state index < -0.39 is 0 Å². The summed E-state index contributed by atoms with van der Waals surface area (Å²) >= 11 is 0. The molecular weight excluding hydrogens is 128 g/mol. The summed E-state index contributed by atoms with van der Waals surface area (Å²) in [6.45, 7) is 4.12. The number of hydrogen-bond acceptors (Lipinski definition) is 3. The van der Waals surface area contributed by atoms with Crippen molar-refractivity contribution in [3.63, 3.8) is 0 Å². The summed E-state index contributed by atoms with van der Waals surface area (Å²) in [6.07, 6.45) is 0.457. The molecule has 2 heterocycles. The van der Waals surface area contributed by atoms with Gasteiger partial charge in [-0.25, -0.2) is 0 Å². The second-order valence-corrected chi connectivity index (χ2v) is 3.12. The number of nitrogens with one attached hydrogen (secondary N) is 1. The van der Waals surface area contributed by atoms with Gasteiger partial charge in [0.2, 0.25) is 0 Å². The van der Waals surface area contributed by atoms with Crippen molar-refractivity contribution >= 4 is 0 Å². The molecule has 2 atom stereocenters. The van der Waals surface area contributed by atoms with Gasteiger partial charge >= 0.3 is 0 Å². The SMILES string of the molecule is CN1CCOC2CNCC21. The van der Waals surface area contributed by atoms with Crippen molar-refractivity contribution in [2.45, 2.75) is 12.1 Å². The van der Waals surface area contributed by atoms with Crippen molar-refractivity contribution < 1.29 is 4.74 Å².